The Labute approximate surface area is 136 Å². The summed E-state index contributed by atoms with van der Waals surface area (Å²) in [5, 5.41) is 6.26. The summed E-state index contributed by atoms with van der Waals surface area (Å²) >= 11 is 0. The summed E-state index contributed by atoms with van der Waals surface area (Å²) in [6.45, 7) is 0. The normalized spacial score (nSPS) is 11.5. The molecule has 1 amide bonds. The highest BCUT2D eigenvalue weighted by Crippen LogP contribution is 2.21. The number of carbonyl (C=O) groups excluding carboxylic acids is 1. The first-order valence-electron chi connectivity index (χ1n) is 7.55. The van der Waals surface area contributed by atoms with Gasteiger partial charge in [-0.3, -0.25) is 4.79 Å². The molecule has 0 saturated heterocycles. The van der Waals surface area contributed by atoms with E-state index in [1.54, 1.807) is 0 Å². The van der Waals surface area contributed by atoms with Crippen molar-refractivity contribution in [2.24, 2.45) is 0 Å². The number of rotatable bonds is 5. The van der Waals surface area contributed by atoms with Crippen LogP contribution in [0.3, 0.4) is 0 Å². The molecule has 0 aliphatic rings. The number of hydrogen-bond donors (Lipinski definition) is 2. The molecule has 0 bridgehead atoms. The number of benzene rings is 3. The van der Waals surface area contributed by atoms with Crippen molar-refractivity contribution < 1.29 is 4.79 Å². The van der Waals surface area contributed by atoms with Gasteiger partial charge in [0.25, 0.3) is 5.91 Å². The SMILES string of the molecule is O=C(Nc1ccccc1)C(Nc1ccccc1)c1ccccc1. The van der Waals surface area contributed by atoms with Crippen LogP contribution in [0.1, 0.15) is 11.6 Å². The number of nitrogens with one attached hydrogen (secondary N) is 2. The second-order valence-corrected chi connectivity index (χ2v) is 5.21. The van der Waals surface area contributed by atoms with E-state index in [4.69, 9.17) is 0 Å². The van der Waals surface area contributed by atoms with Crippen molar-refractivity contribution in [2.75, 3.05) is 10.6 Å². The molecule has 2 N–H and O–H groups in total. The molecule has 0 aliphatic carbocycles. The monoisotopic (exact) mass is 302 g/mol. The minimum atomic E-state index is -0.459. The van der Waals surface area contributed by atoms with E-state index in [9.17, 15) is 4.79 Å². The van der Waals surface area contributed by atoms with Crippen LogP contribution in [0.15, 0.2) is 91.0 Å². The second-order valence-electron chi connectivity index (χ2n) is 5.21. The third-order valence-electron chi connectivity index (χ3n) is 3.52. The van der Waals surface area contributed by atoms with Gasteiger partial charge in [-0.25, -0.2) is 0 Å². The molecule has 3 aromatic rings. The number of para-hydroxylation sites is 2. The van der Waals surface area contributed by atoms with Gasteiger partial charge < -0.3 is 10.6 Å². The van der Waals surface area contributed by atoms with Crippen LogP contribution in [0.25, 0.3) is 0 Å². The molecule has 0 heterocycles. The lowest BCUT2D eigenvalue weighted by atomic mass is 10.1. The van der Waals surface area contributed by atoms with Crippen LogP contribution >= 0.6 is 0 Å². The molecule has 3 nitrogen and oxygen atoms in total. The average Bonchev–Trinajstić information content (AvgIpc) is 2.62. The number of carbonyl (C=O) groups is 1. The molecular formula is C20H18N2O. The summed E-state index contributed by atoms with van der Waals surface area (Å²) in [7, 11) is 0. The first kappa shape index (κ1) is 14.9. The Morgan fingerprint density at radius 3 is 1.70 bits per heavy atom. The maximum Gasteiger partial charge on any atom is 0.251 e. The molecule has 0 saturated carbocycles. The maximum absolute atomic E-state index is 12.7. The highest BCUT2D eigenvalue weighted by molar-refractivity contribution is 5.97. The molecule has 3 rings (SSSR count). The molecule has 0 aromatic heterocycles. The van der Waals surface area contributed by atoms with Crippen LogP contribution in [0, 0.1) is 0 Å². The lowest BCUT2D eigenvalue weighted by Crippen LogP contribution is -2.27. The van der Waals surface area contributed by atoms with E-state index in [0.717, 1.165) is 16.9 Å². The molecule has 3 heteroatoms. The van der Waals surface area contributed by atoms with Crippen molar-refractivity contribution in [2.45, 2.75) is 6.04 Å². The van der Waals surface area contributed by atoms with E-state index in [-0.39, 0.29) is 5.91 Å². The number of hydrogen-bond acceptors (Lipinski definition) is 2. The molecule has 1 atom stereocenters. The lowest BCUT2D eigenvalue weighted by molar-refractivity contribution is -0.117. The number of anilines is 2. The van der Waals surface area contributed by atoms with Gasteiger partial charge in [0, 0.05) is 11.4 Å². The average molecular weight is 302 g/mol. The zero-order chi connectivity index (χ0) is 15.9. The molecule has 3 aromatic carbocycles. The lowest BCUT2D eigenvalue weighted by Gasteiger charge is -2.20. The van der Waals surface area contributed by atoms with Crippen LogP contribution in [0.5, 0.6) is 0 Å². The number of amides is 1. The predicted molar refractivity (Wildman–Crippen MR) is 94.3 cm³/mol. The second kappa shape index (κ2) is 7.27. The minimum absolute atomic E-state index is 0.0914. The van der Waals surface area contributed by atoms with Crippen molar-refractivity contribution in [3.63, 3.8) is 0 Å². The van der Waals surface area contributed by atoms with E-state index < -0.39 is 6.04 Å². The summed E-state index contributed by atoms with van der Waals surface area (Å²) in [5.74, 6) is -0.0914. The van der Waals surface area contributed by atoms with Gasteiger partial charge in [-0.1, -0.05) is 66.7 Å². The van der Waals surface area contributed by atoms with Crippen molar-refractivity contribution >= 4 is 17.3 Å². The highest BCUT2D eigenvalue weighted by atomic mass is 16.2. The summed E-state index contributed by atoms with van der Waals surface area (Å²) in [5.41, 5.74) is 2.61. The van der Waals surface area contributed by atoms with Crippen LogP contribution in [0.4, 0.5) is 11.4 Å². The van der Waals surface area contributed by atoms with E-state index in [0.29, 0.717) is 0 Å². The van der Waals surface area contributed by atoms with Gasteiger partial charge in [0.2, 0.25) is 0 Å². The summed E-state index contributed by atoms with van der Waals surface area (Å²) < 4.78 is 0. The van der Waals surface area contributed by atoms with Crippen molar-refractivity contribution in [1.82, 2.24) is 0 Å². The first-order valence-corrected chi connectivity index (χ1v) is 7.55. The Morgan fingerprint density at radius 1 is 0.652 bits per heavy atom. The first-order chi connectivity index (χ1) is 11.3. The van der Waals surface area contributed by atoms with Gasteiger partial charge in [-0.15, -0.1) is 0 Å². The smallest absolute Gasteiger partial charge is 0.251 e. The molecule has 1 unspecified atom stereocenters. The van der Waals surface area contributed by atoms with Crippen molar-refractivity contribution in [1.29, 1.82) is 0 Å². The van der Waals surface area contributed by atoms with Crippen LogP contribution in [-0.4, -0.2) is 5.91 Å². The summed E-state index contributed by atoms with van der Waals surface area (Å²) in [6, 6.07) is 28.5. The standard InChI is InChI=1S/C20H18N2O/c23-20(22-18-14-8-3-9-15-18)19(16-10-4-1-5-11-16)21-17-12-6-2-7-13-17/h1-15,19,21H,(H,22,23). The maximum atomic E-state index is 12.7. The van der Waals surface area contributed by atoms with Crippen LogP contribution in [0.2, 0.25) is 0 Å². The van der Waals surface area contributed by atoms with Gasteiger partial charge in [0.15, 0.2) is 0 Å². The van der Waals surface area contributed by atoms with E-state index in [1.807, 2.05) is 91.0 Å². The Morgan fingerprint density at radius 2 is 1.13 bits per heavy atom. The zero-order valence-corrected chi connectivity index (χ0v) is 12.6. The Balaban J connectivity index is 1.84. The molecule has 0 aliphatic heterocycles. The quantitative estimate of drug-likeness (QED) is 0.729. The predicted octanol–water partition coefficient (Wildman–Crippen LogP) is 4.48. The van der Waals surface area contributed by atoms with E-state index in [2.05, 4.69) is 10.6 Å². The molecule has 0 spiro atoms. The van der Waals surface area contributed by atoms with Gasteiger partial charge in [-0.2, -0.15) is 0 Å². The van der Waals surface area contributed by atoms with Gasteiger partial charge >= 0.3 is 0 Å². The summed E-state index contributed by atoms with van der Waals surface area (Å²) in [4.78, 5) is 12.7. The van der Waals surface area contributed by atoms with E-state index in [1.165, 1.54) is 0 Å². The third kappa shape index (κ3) is 3.98. The zero-order valence-electron chi connectivity index (χ0n) is 12.6. The molecule has 114 valence electrons. The fourth-order valence-electron chi connectivity index (χ4n) is 2.38. The third-order valence-corrected chi connectivity index (χ3v) is 3.52. The van der Waals surface area contributed by atoms with Crippen LogP contribution in [-0.2, 0) is 4.79 Å². The molecule has 0 radical (unpaired) electrons. The Bertz CT molecular complexity index is 742. The minimum Gasteiger partial charge on any atom is -0.370 e. The highest BCUT2D eigenvalue weighted by Gasteiger charge is 2.20. The molecular weight excluding hydrogens is 284 g/mol. The molecule has 23 heavy (non-hydrogen) atoms. The fourth-order valence-corrected chi connectivity index (χ4v) is 2.38. The van der Waals surface area contributed by atoms with E-state index >= 15 is 0 Å². The molecule has 0 fully saturated rings. The fraction of sp³-hybridized carbons (Fsp3) is 0.0500. The topological polar surface area (TPSA) is 41.1 Å². The van der Waals surface area contributed by atoms with Gasteiger partial charge in [0.1, 0.15) is 6.04 Å². The van der Waals surface area contributed by atoms with Crippen LogP contribution < -0.4 is 10.6 Å². The van der Waals surface area contributed by atoms with Gasteiger partial charge in [-0.05, 0) is 29.8 Å². The largest absolute Gasteiger partial charge is 0.370 e. The van der Waals surface area contributed by atoms with Crippen molar-refractivity contribution in [3.8, 4) is 0 Å². The Kier molecular flexibility index (Phi) is 4.69. The summed E-state index contributed by atoms with van der Waals surface area (Å²) in [6.07, 6.45) is 0. The van der Waals surface area contributed by atoms with Gasteiger partial charge in [0.05, 0.1) is 0 Å². The van der Waals surface area contributed by atoms with Crippen molar-refractivity contribution in [3.05, 3.63) is 96.6 Å². The Hall–Kier alpha value is -3.07.